The minimum absolute atomic E-state index is 0. The molecule has 3 N–H and O–H groups in total. The summed E-state index contributed by atoms with van der Waals surface area (Å²) in [6.07, 6.45) is 0. The zero-order valence-electron chi connectivity index (χ0n) is 16.5. The lowest BCUT2D eigenvalue weighted by atomic mass is 10.2. The fourth-order valence-electron chi connectivity index (χ4n) is 2.55. The molecule has 0 radical (unpaired) electrons. The molecule has 0 bridgehead atoms. The summed E-state index contributed by atoms with van der Waals surface area (Å²) in [6, 6.07) is 13.4. The van der Waals surface area contributed by atoms with Crippen LogP contribution >= 0.6 is 24.0 Å². The number of benzene rings is 2. The zero-order chi connectivity index (χ0) is 19.6. The number of hydrogen-bond acceptors (Lipinski definition) is 4. The highest BCUT2D eigenvalue weighted by Gasteiger charge is 2.06. The van der Waals surface area contributed by atoms with Crippen molar-refractivity contribution in [3.63, 3.8) is 0 Å². The van der Waals surface area contributed by atoms with E-state index in [2.05, 4.69) is 20.9 Å². The van der Waals surface area contributed by atoms with Gasteiger partial charge in [0.2, 0.25) is 5.91 Å². The summed E-state index contributed by atoms with van der Waals surface area (Å²) in [6.45, 7) is 2.62. The Balaban J connectivity index is 0.00000392. The SMILES string of the molecule is CN=C(NCc1cccc(NC(C)=O)c1)NCc1ccc(OC)cc1OC.I. The molecule has 8 heteroatoms. The average molecular weight is 498 g/mol. The van der Waals surface area contributed by atoms with E-state index in [1.54, 1.807) is 21.3 Å². The number of aliphatic imine (C=N–C) groups is 1. The Labute approximate surface area is 182 Å². The smallest absolute Gasteiger partial charge is 0.221 e. The highest BCUT2D eigenvalue weighted by atomic mass is 127. The van der Waals surface area contributed by atoms with Crippen molar-refractivity contribution in [3.05, 3.63) is 53.6 Å². The van der Waals surface area contributed by atoms with Crippen LogP contribution in [0.4, 0.5) is 5.69 Å². The van der Waals surface area contributed by atoms with Gasteiger partial charge in [-0.1, -0.05) is 12.1 Å². The Morgan fingerprint density at radius 1 is 1.04 bits per heavy atom. The first-order valence-electron chi connectivity index (χ1n) is 8.57. The zero-order valence-corrected chi connectivity index (χ0v) is 18.9. The highest BCUT2D eigenvalue weighted by molar-refractivity contribution is 14.0. The third kappa shape index (κ3) is 7.26. The number of nitrogens with one attached hydrogen (secondary N) is 3. The van der Waals surface area contributed by atoms with E-state index in [-0.39, 0.29) is 29.9 Å². The molecule has 28 heavy (non-hydrogen) atoms. The third-order valence-corrected chi connectivity index (χ3v) is 3.87. The molecule has 2 aromatic rings. The Bertz CT molecular complexity index is 812. The topological polar surface area (TPSA) is 84.0 Å². The summed E-state index contributed by atoms with van der Waals surface area (Å²) in [5.74, 6) is 2.07. The summed E-state index contributed by atoms with van der Waals surface area (Å²) < 4.78 is 10.6. The molecule has 7 nitrogen and oxygen atoms in total. The third-order valence-electron chi connectivity index (χ3n) is 3.87. The van der Waals surface area contributed by atoms with Crippen LogP contribution in [0, 0.1) is 0 Å². The van der Waals surface area contributed by atoms with Crippen LogP contribution in [0.15, 0.2) is 47.5 Å². The molecule has 2 rings (SSSR count). The first-order chi connectivity index (χ1) is 13.0. The van der Waals surface area contributed by atoms with E-state index in [1.807, 2.05) is 42.5 Å². The molecule has 0 aliphatic heterocycles. The minimum Gasteiger partial charge on any atom is -0.497 e. The normalized spacial score (nSPS) is 10.5. The van der Waals surface area contributed by atoms with Gasteiger partial charge in [0.1, 0.15) is 11.5 Å². The monoisotopic (exact) mass is 498 g/mol. The number of hydrogen-bond donors (Lipinski definition) is 3. The van der Waals surface area contributed by atoms with Gasteiger partial charge in [-0.05, 0) is 29.8 Å². The second kappa shape index (κ2) is 12.1. The van der Waals surface area contributed by atoms with Crippen molar-refractivity contribution in [1.29, 1.82) is 0 Å². The van der Waals surface area contributed by atoms with Gasteiger partial charge < -0.3 is 25.4 Å². The predicted molar refractivity (Wildman–Crippen MR) is 123 cm³/mol. The Hall–Kier alpha value is -2.49. The number of halogens is 1. The Morgan fingerprint density at radius 3 is 2.43 bits per heavy atom. The maximum atomic E-state index is 11.2. The van der Waals surface area contributed by atoms with Crippen LogP contribution in [0.1, 0.15) is 18.1 Å². The van der Waals surface area contributed by atoms with Crippen molar-refractivity contribution >= 4 is 41.5 Å². The van der Waals surface area contributed by atoms with Crippen molar-refractivity contribution in [2.75, 3.05) is 26.6 Å². The van der Waals surface area contributed by atoms with Crippen molar-refractivity contribution in [2.45, 2.75) is 20.0 Å². The molecule has 0 aliphatic rings. The van der Waals surface area contributed by atoms with Crippen LogP contribution in [0.5, 0.6) is 11.5 Å². The van der Waals surface area contributed by atoms with Gasteiger partial charge in [-0.15, -0.1) is 24.0 Å². The van der Waals surface area contributed by atoms with E-state index in [9.17, 15) is 4.79 Å². The Morgan fingerprint density at radius 2 is 1.79 bits per heavy atom. The van der Waals surface area contributed by atoms with E-state index in [1.165, 1.54) is 6.92 Å². The van der Waals surface area contributed by atoms with Gasteiger partial charge in [0, 0.05) is 44.4 Å². The van der Waals surface area contributed by atoms with E-state index in [4.69, 9.17) is 9.47 Å². The number of amides is 1. The quantitative estimate of drug-likeness (QED) is 0.311. The maximum absolute atomic E-state index is 11.2. The second-order valence-corrected chi connectivity index (χ2v) is 5.84. The lowest BCUT2D eigenvalue weighted by molar-refractivity contribution is -0.114. The van der Waals surface area contributed by atoms with Gasteiger partial charge in [-0.3, -0.25) is 9.79 Å². The van der Waals surface area contributed by atoms with Gasteiger partial charge in [0.05, 0.1) is 14.2 Å². The summed E-state index contributed by atoms with van der Waals surface area (Å²) in [5, 5.41) is 9.30. The molecule has 2 aromatic carbocycles. The molecule has 0 unspecified atom stereocenters. The maximum Gasteiger partial charge on any atom is 0.221 e. The first kappa shape index (κ1) is 23.5. The molecule has 0 aromatic heterocycles. The number of nitrogens with zero attached hydrogens (tertiary/aromatic N) is 1. The van der Waals surface area contributed by atoms with Gasteiger partial charge in [0.25, 0.3) is 0 Å². The molecule has 152 valence electrons. The summed E-state index contributed by atoms with van der Waals surface area (Å²) in [4.78, 5) is 15.4. The number of carbonyl (C=O) groups is 1. The summed E-state index contributed by atoms with van der Waals surface area (Å²) in [5.41, 5.74) is 2.80. The van der Waals surface area contributed by atoms with Crippen molar-refractivity contribution in [3.8, 4) is 11.5 Å². The highest BCUT2D eigenvalue weighted by Crippen LogP contribution is 2.24. The number of carbonyl (C=O) groups excluding carboxylic acids is 1. The lowest BCUT2D eigenvalue weighted by Gasteiger charge is -2.15. The lowest BCUT2D eigenvalue weighted by Crippen LogP contribution is -2.36. The van der Waals surface area contributed by atoms with E-state index >= 15 is 0 Å². The molecule has 0 atom stereocenters. The molecular weight excluding hydrogens is 471 g/mol. The largest absolute Gasteiger partial charge is 0.497 e. The van der Waals surface area contributed by atoms with Crippen LogP contribution in [0.3, 0.4) is 0 Å². The van der Waals surface area contributed by atoms with E-state index in [0.29, 0.717) is 19.0 Å². The molecule has 0 saturated heterocycles. The average Bonchev–Trinajstić information content (AvgIpc) is 2.67. The second-order valence-electron chi connectivity index (χ2n) is 5.84. The van der Waals surface area contributed by atoms with Crippen LogP contribution in [0.25, 0.3) is 0 Å². The predicted octanol–water partition coefficient (Wildman–Crippen LogP) is 3.15. The molecule has 0 saturated carbocycles. The first-order valence-corrected chi connectivity index (χ1v) is 8.57. The minimum atomic E-state index is -0.0916. The van der Waals surface area contributed by atoms with Crippen LogP contribution in [0.2, 0.25) is 0 Å². The fraction of sp³-hybridized carbons (Fsp3) is 0.300. The van der Waals surface area contributed by atoms with Gasteiger partial charge in [-0.2, -0.15) is 0 Å². The van der Waals surface area contributed by atoms with Crippen molar-refractivity contribution in [2.24, 2.45) is 4.99 Å². The number of guanidine groups is 1. The summed E-state index contributed by atoms with van der Waals surface area (Å²) in [7, 11) is 4.97. The molecular formula is C20H27IN4O3. The number of rotatable bonds is 7. The van der Waals surface area contributed by atoms with Gasteiger partial charge in [-0.25, -0.2) is 0 Å². The standard InChI is InChI=1S/C20H26N4O3.HI/c1-14(25)24-17-7-5-6-15(10-17)12-22-20(21-2)23-13-16-8-9-18(26-3)11-19(16)27-4;/h5-11H,12-13H2,1-4H3,(H,24,25)(H2,21,22,23);1H. The van der Waals surface area contributed by atoms with Crippen LogP contribution < -0.4 is 25.4 Å². The molecule has 0 spiro atoms. The van der Waals surface area contributed by atoms with Gasteiger partial charge >= 0.3 is 0 Å². The van der Waals surface area contributed by atoms with Crippen molar-refractivity contribution < 1.29 is 14.3 Å². The van der Waals surface area contributed by atoms with Gasteiger partial charge in [0.15, 0.2) is 5.96 Å². The van der Waals surface area contributed by atoms with Crippen LogP contribution in [-0.2, 0) is 17.9 Å². The van der Waals surface area contributed by atoms with Crippen LogP contribution in [-0.4, -0.2) is 33.1 Å². The number of anilines is 1. The van der Waals surface area contributed by atoms with Crippen molar-refractivity contribution in [1.82, 2.24) is 10.6 Å². The van der Waals surface area contributed by atoms with E-state index in [0.717, 1.165) is 28.3 Å². The molecule has 1 amide bonds. The Kier molecular flexibility index (Phi) is 10.1. The fourth-order valence-corrected chi connectivity index (χ4v) is 2.55. The van der Waals surface area contributed by atoms with E-state index < -0.39 is 0 Å². The molecule has 0 aliphatic carbocycles. The summed E-state index contributed by atoms with van der Waals surface area (Å²) >= 11 is 0. The molecule has 0 heterocycles. The number of ether oxygens (including phenoxy) is 2. The number of methoxy groups -OCH3 is 2. The molecule has 0 fully saturated rings.